The molecule has 12 heteroatoms. The molecule has 0 aliphatic carbocycles. The Balaban J connectivity index is 1.16. The van der Waals surface area contributed by atoms with E-state index in [0.717, 1.165) is 56.6 Å². The average molecular weight is 556 g/mol. The third kappa shape index (κ3) is 5.83. The minimum Gasteiger partial charge on any atom is -0.469 e. The van der Waals surface area contributed by atoms with Crippen LogP contribution in [0.3, 0.4) is 0 Å². The summed E-state index contributed by atoms with van der Waals surface area (Å²) >= 11 is 0. The van der Waals surface area contributed by atoms with Crippen LogP contribution in [0.5, 0.6) is 5.88 Å². The molecule has 0 spiro atoms. The Labute approximate surface area is 230 Å². The Morgan fingerprint density at radius 3 is 2.70 bits per heavy atom. The molecular formula is C28H32F3N7O2. The molecule has 1 N–H and O–H groups in total. The quantitative estimate of drug-likeness (QED) is 0.463. The molecule has 0 saturated carbocycles. The standard InChI is InChI=1S/C28H32F3N7O2/c1-18-10-22-24(14-38(18)12-19-6-3-2-4-7-19)33-17-34-25(22)37-9-5-8-20(13-37)35-27-32-11-23(28(29,30)31)26(36-27)40-21-15-39-16-21/h2-4,6-7,11,17-18,20-21H,5,8-10,12-16H2,1H3,(H,32,35,36)/t18?,20-/m1/s1. The molecule has 3 aromatic rings. The van der Waals surface area contributed by atoms with Gasteiger partial charge in [-0.1, -0.05) is 30.3 Å². The van der Waals surface area contributed by atoms with Gasteiger partial charge in [0.05, 0.1) is 18.9 Å². The van der Waals surface area contributed by atoms with Crippen LogP contribution in [0.2, 0.25) is 0 Å². The number of alkyl halides is 3. The number of aromatic nitrogens is 4. The average Bonchev–Trinajstić information content (AvgIpc) is 2.91. The largest absolute Gasteiger partial charge is 0.469 e. The van der Waals surface area contributed by atoms with E-state index in [1.54, 1.807) is 6.33 Å². The molecular weight excluding hydrogens is 523 g/mol. The van der Waals surface area contributed by atoms with E-state index in [-0.39, 0.29) is 25.2 Å². The molecule has 212 valence electrons. The predicted molar refractivity (Wildman–Crippen MR) is 142 cm³/mol. The summed E-state index contributed by atoms with van der Waals surface area (Å²) in [6.07, 6.45) is -0.0509. The van der Waals surface area contributed by atoms with Gasteiger partial charge in [-0.25, -0.2) is 15.0 Å². The van der Waals surface area contributed by atoms with E-state index in [4.69, 9.17) is 9.47 Å². The second-order valence-corrected chi connectivity index (χ2v) is 10.7. The minimum absolute atomic E-state index is 0.0634. The van der Waals surface area contributed by atoms with Gasteiger partial charge in [0.2, 0.25) is 11.8 Å². The molecule has 1 aromatic carbocycles. The van der Waals surface area contributed by atoms with Crippen LogP contribution in [-0.4, -0.2) is 69.3 Å². The summed E-state index contributed by atoms with van der Waals surface area (Å²) in [7, 11) is 0. The monoisotopic (exact) mass is 555 g/mol. The van der Waals surface area contributed by atoms with Crippen LogP contribution in [0.15, 0.2) is 42.9 Å². The number of rotatable bonds is 7. The fraction of sp³-hybridized carbons (Fsp3) is 0.500. The Bertz CT molecular complexity index is 1320. The highest BCUT2D eigenvalue weighted by atomic mass is 19.4. The molecule has 2 atom stereocenters. The van der Waals surface area contributed by atoms with Gasteiger partial charge in [-0.15, -0.1) is 0 Å². The first-order valence-corrected chi connectivity index (χ1v) is 13.6. The maximum absolute atomic E-state index is 13.5. The molecule has 3 aliphatic rings. The maximum Gasteiger partial charge on any atom is 0.423 e. The molecule has 2 saturated heterocycles. The minimum atomic E-state index is -4.61. The van der Waals surface area contributed by atoms with Crippen molar-refractivity contribution in [1.82, 2.24) is 24.8 Å². The number of benzene rings is 1. The molecule has 0 amide bonds. The van der Waals surface area contributed by atoms with Crippen LogP contribution in [-0.2, 0) is 30.4 Å². The van der Waals surface area contributed by atoms with Crippen molar-refractivity contribution in [3.05, 3.63) is 65.2 Å². The molecule has 40 heavy (non-hydrogen) atoms. The van der Waals surface area contributed by atoms with Gasteiger partial charge in [0.15, 0.2) is 0 Å². The van der Waals surface area contributed by atoms with E-state index >= 15 is 0 Å². The molecule has 0 radical (unpaired) electrons. The second-order valence-electron chi connectivity index (χ2n) is 10.7. The number of fused-ring (bicyclic) bond motifs is 1. The highest BCUT2D eigenvalue weighted by Gasteiger charge is 2.38. The topological polar surface area (TPSA) is 88.5 Å². The molecule has 0 bridgehead atoms. The highest BCUT2D eigenvalue weighted by Crippen LogP contribution is 2.36. The van der Waals surface area contributed by atoms with Crippen molar-refractivity contribution in [3.8, 4) is 5.88 Å². The van der Waals surface area contributed by atoms with Crippen molar-refractivity contribution in [2.75, 3.05) is 36.5 Å². The number of halogens is 3. The number of nitrogens with one attached hydrogen (secondary N) is 1. The summed E-state index contributed by atoms with van der Waals surface area (Å²) in [6, 6.07) is 10.7. The van der Waals surface area contributed by atoms with Crippen molar-refractivity contribution in [2.45, 2.75) is 63.6 Å². The van der Waals surface area contributed by atoms with E-state index in [9.17, 15) is 13.2 Å². The fourth-order valence-corrected chi connectivity index (χ4v) is 5.49. The molecule has 2 aromatic heterocycles. The van der Waals surface area contributed by atoms with Gasteiger partial charge in [-0.3, -0.25) is 4.90 Å². The van der Waals surface area contributed by atoms with Crippen LogP contribution >= 0.6 is 0 Å². The molecule has 2 fully saturated rings. The Hall–Kier alpha value is -3.51. The van der Waals surface area contributed by atoms with Crippen LogP contribution in [0, 0.1) is 0 Å². The summed E-state index contributed by atoms with van der Waals surface area (Å²) in [5.41, 5.74) is 2.50. The summed E-state index contributed by atoms with van der Waals surface area (Å²) in [5, 5.41) is 3.24. The van der Waals surface area contributed by atoms with E-state index in [0.29, 0.717) is 12.6 Å². The lowest BCUT2D eigenvalue weighted by Gasteiger charge is -2.39. The van der Waals surface area contributed by atoms with E-state index in [1.165, 1.54) is 11.1 Å². The van der Waals surface area contributed by atoms with Crippen molar-refractivity contribution >= 4 is 11.8 Å². The zero-order chi connectivity index (χ0) is 27.7. The van der Waals surface area contributed by atoms with E-state index in [1.807, 2.05) is 6.07 Å². The van der Waals surface area contributed by atoms with Crippen LogP contribution in [0.1, 0.15) is 42.1 Å². The summed E-state index contributed by atoms with van der Waals surface area (Å²) in [6.45, 7) is 5.81. The third-order valence-corrected chi connectivity index (χ3v) is 7.72. The van der Waals surface area contributed by atoms with Crippen LogP contribution in [0.4, 0.5) is 24.9 Å². The number of ether oxygens (including phenoxy) is 2. The molecule has 3 aliphatic heterocycles. The lowest BCUT2D eigenvalue weighted by atomic mass is 9.97. The third-order valence-electron chi connectivity index (χ3n) is 7.72. The fourth-order valence-electron chi connectivity index (χ4n) is 5.49. The van der Waals surface area contributed by atoms with Gasteiger partial charge in [0.25, 0.3) is 0 Å². The molecule has 6 rings (SSSR count). The Morgan fingerprint density at radius 2 is 1.95 bits per heavy atom. The summed E-state index contributed by atoms with van der Waals surface area (Å²) in [5.74, 6) is 0.583. The summed E-state index contributed by atoms with van der Waals surface area (Å²) < 4.78 is 51.1. The zero-order valence-corrected chi connectivity index (χ0v) is 22.3. The first-order chi connectivity index (χ1) is 19.3. The van der Waals surface area contributed by atoms with Crippen LogP contribution < -0.4 is 15.0 Å². The first kappa shape index (κ1) is 26.7. The number of hydrogen-bond acceptors (Lipinski definition) is 9. The Kier molecular flexibility index (Phi) is 7.45. The maximum atomic E-state index is 13.5. The normalized spacial score (nSPS) is 21.9. The molecule has 1 unspecified atom stereocenters. The van der Waals surface area contributed by atoms with E-state index in [2.05, 4.69) is 66.2 Å². The van der Waals surface area contributed by atoms with Gasteiger partial charge in [0, 0.05) is 50.0 Å². The Morgan fingerprint density at radius 1 is 1.12 bits per heavy atom. The number of piperidine rings is 1. The summed E-state index contributed by atoms with van der Waals surface area (Å²) in [4.78, 5) is 22.1. The van der Waals surface area contributed by atoms with Gasteiger partial charge in [0.1, 0.15) is 23.8 Å². The predicted octanol–water partition coefficient (Wildman–Crippen LogP) is 4.09. The zero-order valence-electron chi connectivity index (χ0n) is 22.3. The van der Waals surface area contributed by atoms with Gasteiger partial charge in [-0.2, -0.15) is 18.2 Å². The van der Waals surface area contributed by atoms with Crippen LogP contribution in [0.25, 0.3) is 0 Å². The molecule has 9 nitrogen and oxygen atoms in total. The molecule has 5 heterocycles. The van der Waals surface area contributed by atoms with Gasteiger partial charge >= 0.3 is 6.18 Å². The number of hydrogen-bond donors (Lipinski definition) is 1. The van der Waals surface area contributed by atoms with Crippen molar-refractivity contribution in [2.24, 2.45) is 0 Å². The second kappa shape index (κ2) is 11.2. The SMILES string of the molecule is CC1Cc2c(ncnc2N2CCC[C@@H](Nc3ncc(C(F)(F)F)c(OC4COC4)n3)C2)CN1Cc1ccccc1. The smallest absolute Gasteiger partial charge is 0.423 e. The van der Waals surface area contributed by atoms with Gasteiger partial charge in [-0.05, 0) is 31.7 Å². The van der Waals surface area contributed by atoms with Crippen molar-refractivity contribution in [3.63, 3.8) is 0 Å². The van der Waals surface area contributed by atoms with Crippen molar-refractivity contribution in [1.29, 1.82) is 0 Å². The highest BCUT2D eigenvalue weighted by molar-refractivity contribution is 5.51. The number of anilines is 2. The van der Waals surface area contributed by atoms with E-state index < -0.39 is 23.7 Å². The lowest BCUT2D eigenvalue weighted by molar-refractivity contribution is -0.142. The van der Waals surface area contributed by atoms with Crippen molar-refractivity contribution < 1.29 is 22.6 Å². The first-order valence-electron chi connectivity index (χ1n) is 13.6. The number of nitrogens with zero attached hydrogens (tertiary/aromatic N) is 6. The van der Waals surface area contributed by atoms with Gasteiger partial charge < -0.3 is 19.7 Å². The lowest BCUT2D eigenvalue weighted by Crippen LogP contribution is -2.45.